The zero-order valence-electron chi connectivity index (χ0n) is 12.7. The number of hydrogen-bond acceptors (Lipinski definition) is 5. The van der Waals surface area contributed by atoms with Gasteiger partial charge in [0, 0.05) is 13.5 Å². The minimum atomic E-state index is -0.644. The second-order valence-corrected chi connectivity index (χ2v) is 5.74. The van der Waals surface area contributed by atoms with Crippen LogP contribution < -0.4 is 0 Å². The Hall–Kier alpha value is -1.88. The molecule has 3 rings (SSSR count). The highest BCUT2D eigenvalue weighted by atomic mass is 16.7. The number of benzene rings is 1. The van der Waals surface area contributed by atoms with Crippen LogP contribution in [0.25, 0.3) is 0 Å². The first-order valence-electron chi connectivity index (χ1n) is 7.79. The van der Waals surface area contributed by atoms with Gasteiger partial charge in [-0.3, -0.25) is 0 Å². The van der Waals surface area contributed by atoms with E-state index in [0.29, 0.717) is 6.42 Å². The van der Waals surface area contributed by atoms with Crippen molar-refractivity contribution in [2.45, 2.75) is 50.4 Å². The van der Waals surface area contributed by atoms with Gasteiger partial charge in [-0.2, -0.15) is 0 Å². The molecular weight excluding hydrogens is 282 g/mol. The van der Waals surface area contributed by atoms with Gasteiger partial charge in [0.05, 0.1) is 11.8 Å². The van der Waals surface area contributed by atoms with E-state index in [9.17, 15) is 4.79 Å². The molecule has 2 aliphatic rings. The summed E-state index contributed by atoms with van der Waals surface area (Å²) < 4.78 is 11.0. The Morgan fingerprint density at radius 3 is 2.64 bits per heavy atom. The third-order valence-electron chi connectivity index (χ3n) is 4.25. The molecule has 0 amide bonds. The zero-order chi connectivity index (χ0) is 15.4. The molecule has 0 spiro atoms. The summed E-state index contributed by atoms with van der Waals surface area (Å²) in [6.45, 7) is 0. The highest BCUT2D eigenvalue weighted by Crippen LogP contribution is 2.25. The van der Waals surface area contributed by atoms with E-state index in [1.165, 1.54) is 0 Å². The van der Waals surface area contributed by atoms with Crippen LogP contribution in [-0.2, 0) is 19.1 Å². The monoisotopic (exact) mass is 303 g/mol. The fraction of sp³-hybridized carbons (Fsp3) is 0.529. The van der Waals surface area contributed by atoms with Crippen LogP contribution in [0, 0.1) is 0 Å². The molecule has 1 saturated carbocycles. The lowest BCUT2D eigenvalue weighted by molar-refractivity contribution is -0.170. The van der Waals surface area contributed by atoms with Gasteiger partial charge in [0.15, 0.2) is 0 Å². The molecular formula is C17H21NO4. The molecule has 1 aliphatic carbocycles. The number of methoxy groups -OCH3 is 1. The van der Waals surface area contributed by atoms with Crippen LogP contribution in [0.2, 0.25) is 0 Å². The van der Waals surface area contributed by atoms with E-state index in [4.69, 9.17) is 14.3 Å². The molecule has 0 radical (unpaired) electrons. The van der Waals surface area contributed by atoms with Crippen molar-refractivity contribution >= 4 is 11.7 Å². The molecule has 22 heavy (non-hydrogen) atoms. The third-order valence-corrected chi connectivity index (χ3v) is 4.25. The van der Waals surface area contributed by atoms with Crippen LogP contribution >= 0.6 is 0 Å². The Morgan fingerprint density at radius 1 is 1.18 bits per heavy atom. The maximum atomic E-state index is 12.3. The summed E-state index contributed by atoms with van der Waals surface area (Å²) in [6, 6.07) is 9.74. The summed E-state index contributed by atoms with van der Waals surface area (Å²) in [5, 5.41) is 4.03. The van der Waals surface area contributed by atoms with Gasteiger partial charge in [-0.05, 0) is 24.8 Å². The fourth-order valence-electron chi connectivity index (χ4n) is 3.00. The molecule has 5 heteroatoms. The van der Waals surface area contributed by atoms with E-state index in [1.54, 1.807) is 7.11 Å². The van der Waals surface area contributed by atoms with E-state index < -0.39 is 6.10 Å². The summed E-state index contributed by atoms with van der Waals surface area (Å²) in [6.07, 6.45) is 3.60. The van der Waals surface area contributed by atoms with E-state index in [0.717, 1.165) is 37.0 Å². The fourth-order valence-corrected chi connectivity index (χ4v) is 3.00. The van der Waals surface area contributed by atoms with E-state index in [2.05, 4.69) is 5.16 Å². The Balaban J connectivity index is 1.56. The summed E-state index contributed by atoms with van der Waals surface area (Å²) in [5.41, 5.74) is 1.76. The Bertz CT molecular complexity index is 543. The van der Waals surface area contributed by atoms with Crippen LogP contribution in [0.5, 0.6) is 0 Å². The number of ether oxygens (including phenoxy) is 2. The van der Waals surface area contributed by atoms with Gasteiger partial charge in [0.25, 0.3) is 0 Å². The molecule has 5 nitrogen and oxygen atoms in total. The van der Waals surface area contributed by atoms with E-state index >= 15 is 0 Å². The van der Waals surface area contributed by atoms with E-state index in [1.807, 2.05) is 30.3 Å². The van der Waals surface area contributed by atoms with E-state index in [-0.39, 0.29) is 18.2 Å². The molecule has 1 heterocycles. The van der Waals surface area contributed by atoms with Gasteiger partial charge in [-0.1, -0.05) is 41.9 Å². The molecule has 1 aliphatic heterocycles. The van der Waals surface area contributed by atoms with Crippen molar-refractivity contribution in [1.29, 1.82) is 0 Å². The van der Waals surface area contributed by atoms with Gasteiger partial charge in [0.2, 0.25) is 6.10 Å². The first-order chi connectivity index (χ1) is 10.8. The standard InChI is InChI=1S/C17H21NO4/c1-20-14-9-5-6-10-15(14)21-17(19)16-11-13(18-22-16)12-7-3-2-4-8-12/h2-4,7-8,14-16H,5-6,9-11H2,1H3/t14-,15-,16-/m1/s1. The lowest BCUT2D eigenvalue weighted by Gasteiger charge is -2.30. The van der Waals surface area contributed by atoms with Crippen molar-refractivity contribution in [3.05, 3.63) is 35.9 Å². The topological polar surface area (TPSA) is 57.1 Å². The van der Waals surface area contributed by atoms with Crippen molar-refractivity contribution in [3.8, 4) is 0 Å². The number of carbonyl (C=O) groups is 1. The quantitative estimate of drug-likeness (QED) is 0.802. The Kier molecular flexibility index (Phi) is 4.73. The van der Waals surface area contributed by atoms with Gasteiger partial charge in [-0.25, -0.2) is 4.79 Å². The lowest BCUT2D eigenvalue weighted by Crippen LogP contribution is -2.38. The molecule has 0 aromatic heterocycles. The minimum Gasteiger partial charge on any atom is -0.457 e. The van der Waals surface area contributed by atoms with Gasteiger partial charge < -0.3 is 14.3 Å². The first-order valence-corrected chi connectivity index (χ1v) is 7.79. The van der Waals surface area contributed by atoms with Gasteiger partial charge >= 0.3 is 5.97 Å². The summed E-state index contributed by atoms with van der Waals surface area (Å²) in [4.78, 5) is 17.5. The maximum Gasteiger partial charge on any atom is 0.350 e. The molecule has 0 N–H and O–H groups in total. The molecule has 1 aromatic carbocycles. The molecule has 118 valence electrons. The Labute approximate surface area is 130 Å². The number of hydrogen-bond donors (Lipinski definition) is 0. The van der Waals surface area contributed by atoms with Gasteiger partial charge in [0.1, 0.15) is 6.10 Å². The molecule has 1 aromatic rings. The molecule has 0 saturated heterocycles. The second-order valence-electron chi connectivity index (χ2n) is 5.74. The van der Waals surface area contributed by atoms with Crippen molar-refractivity contribution in [2.24, 2.45) is 5.16 Å². The summed E-state index contributed by atoms with van der Waals surface area (Å²) in [5.74, 6) is -0.344. The number of carbonyl (C=O) groups excluding carboxylic acids is 1. The highest BCUT2D eigenvalue weighted by molar-refractivity contribution is 6.03. The Morgan fingerprint density at radius 2 is 1.91 bits per heavy atom. The summed E-state index contributed by atoms with van der Waals surface area (Å²) in [7, 11) is 1.67. The van der Waals surface area contributed by atoms with Crippen molar-refractivity contribution < 1.29 is 19.1 Å². The predicted molar refractivity (Wildman–Crippen MR) is 81.6 cm³/mol. The SMILES string of the molecule is CO[C@@H]1CCCC[C@H]1OC(=O)[C@H]1CC(c2ccccc2)=NO1. The van der Waals surface area contributed by atoms with Crippen LogP contribution in [-0.4, -0.2) is 37.1 Å². The van der Waals surface area contributed by atoms with Crippen LogP contribution in [0.3, 0.4) is 0 Å². The molecule has 3 atom stereocenters. The number of esters is 1. The van der Waals surface area contributed by atoms with Gasteiger partial charge in [-0.15, -0.1) is 0 Å². The van der Waals surface area contributed by atoms with Crippen molar-refractivity contribution in [1.82, 2.24) is 0 Å². The minimum absolute atomic E-state index is 0.00591. The van der Waals surface area contributed by atoms with Crippen LogP contribution in [0.4, 0.5) is 0 Å². The summed E-state index contributed by atoms with van der Waals surface area (Å²) >= 11 is 0. The van der Waals surface area contributed by atoms with Crippen molar-refractivity contribution in [3.63, 3.8) is 0 Å². The number of oxime groups is 1. The molecule has 1 fully saturated rings. The smallest absolute Gasteiger partial charge is 0.350 e. The number of rotatable bonds is 4. The maximum absolute atomic E-state index is 12.3. The average Bonchev–Trinajstić information content (AvgIpc) is 3.06. The average molecular weight is 303 g/mol. The predicted octanol–water partition coefficient (Wildman–Crippen LogP) is 2.68. The lowest BCUT2D eigenvalue weighted by atomic mass is 9.94. The molecule has 0 bridgehead atoms. The second kappa shape index (κ2) is 6.92. The normalized spacial score (nSPS) is 27.9. The zero-order valence-corrected chi connectivity index (χ0v) is 12.7. The van der Waals surface area contributed by atoms with Crippen LogP contribution in [0.15, 0.2) is 35.5 Å². The molecule has 0 unspecified atom stereocenters. The van der Waals surface area contributed by atoms with Crippen LogP contribution in [0.1, 0.15) is 37.7 Å². The number of nitrogens with zero attached hydrogens (tertiary/aromatic N) is 1. The largest absolute Gasteiger partial charge is 0.457 e. The first kappa shape index (κ1) is 15.0. The van der Waals surface area contributed by atoms with Crippen molar-refractivity contribution in [2.75, 3.05) is 7.11 Å². The highest BCUT2D eigenvalue weighted by Gasteiger charge is 2.35. The third kappa shape index (κ3) is 3.30.